The number of rotatable bonds is 9. The Morgan fingerprint density at radius 1 is 1.37 bits per heavy atom. The van der Waals surface area contributed by atoms with Gasteiger partial charge in [-0.05, 0) is 26.4 Å². The maximum Gasteiger partial charge on any atom is 0.236 e. The minimum atomic E-state index is -0.151. The van der Waals surface area contributed by atoms with Crippen molar-refractivity contribution in [3.8, 4) is 0 Å². The molecule has 0 bridgehead atoms. The Labute approximate surface area is 115 Å². The molecule has 0 aromatic rings. The van der Waals surface area contributed by atoms with E-state index in [1.54, 1.807) is 7.11 Å². The van der Waals surface area contributed by atoms with Crippen LogP contribution in [0.3, 0.4) is 0 Å². The normalized spacial score (nSPS) is 18.2. The smallest absolute Gasteiger partial charge is 0.236 e. The predicted octanol–water partition coefficient (Wildman–Crippen LogP) is -0.551. The number of carbonyl (C=O) groups is 1. The molecule has 112 valence electrons. The van der Waals surface area contributed by atoms with E-state index >= 15 is 0 Å². The first-order valence-electron chi connectivity index (χ1n) is 7.04. The number of nitrogens with zero attached hydrogens (tertiary/aromatic N) is 1. The number of carbonyl (C=O) groups excluding carboxylic acids is 1. The lowest BCUT2D eigenvalue weighted by molar-refractivity contribution is -0.122. The summed E-state index contributed by atoms with van der Waals surface area (Å²) in [7, 11) is 1.62. The van der Waals surface area contributed by atoms with E-state index < -0.39 is 0 Å². The summed E-state index contributed by atoms with van der Waals surface area (Å²) in [5.74, 6) is 0.0309. The molecular formula is C13H27N3O3. The third-order valence-electron chi connectivity index (χ3n) is 3.20. The van der Waals surface area contributed by atoms with Crippen molar-refractivity contribution in [3.63, 3.8) is 0 Å². The van der Waals surface area contributed by atoms with Crippen LogP contribution in [0.1, 0.15) is 13.3 Å². The monoisotopic (exact) mass is 273 g/mol. The minimum absolute atomic E-state index is 0.0309. The summed E-state index contributed by atoms with van der Waals surface area (Å²) in [6.45, 7) is 8.64. The van der Waals surface area contributed by atoms with Crippen molar-refractivity contribution in [2.24, 2.45) is 0 Å². The number of methoxy groups -OCH3 is 1. The first-order chi connectivity index (χ1) is 9.24. The molecule has 1 rings (SSSR count). The summed E-state index contributed by atoms with van der Waals surface area (Å²) >= 11 is 0. The molecule has 19 heavy (non-hydrogen) atoms. The topological polar surface area (TPSA) is 62.8 Å². The molecule has 0 aromatic carbocycles. The van der Waals surface area contributed by atoms with E-state index in [9.17, 15) is 4.79 Å². The van der Waals surface area contributed by atoms with Crippen molar-refractivity contribution in [2.45, 2.75) is 19.4 Å². The Morgan fingerprint density at radius 3 is 2.79 bits per heavy atom. The van der Waals surface area contributed by atoms with Crippen LogP contribution in [-0.4, -0.2) is 76.5 Å². The van der Waals surface area contributed by atoms with E-state index in [1.807, 2.05) is 6.92 Å². The van der Waals surface area contributed by atoms with Gasteiger partial charge in [0.25, 0.3) is 0 Å². The van der Waals surface area contributed by atoms with Crippen LogP contribution in [0.4, 0.5) is 0 Å². The van der Waals surface area contributed by atoms with E-state index in [2.05, 4.69) is 15.5 Å². The fraction of sp³-hybridized carbons (Fsp3) is 0.923. The van der Waals surface area contributed by atoms with Crippen LogP contribution < -0.4 is 10.6 Å². The number of amides is 1. The van der Waals surface area contributed by atoms with Crippen LogP contribution in [-0.2, 0) is 14.3 Å². The van der Waals surface area contributed by atoms with Crippen molar-refractivity contribution in [1.82, 2.24) is 15.5 Å². The highest BCUT2D eigenvalue weighted by Crippen LogP contribution is 1.97. The van der Waals surface area contributed by atoms with Gasteiger partial charge in [-0.2, -0.15) is 0 Å². The molecule has 1 aliphatic heterocycles. The van der Waals surface area contributed by atoms with Crippen LogP contribution in [0.15, 0.2) is 0 Å². The SMILES string of the molecule is COCCNC(=O)C(C)NCCCN1CCOCC1. The molecule has 6 heteroatoms. The minimum Gasteiger partial charge on any atom is -0.383 e. The van der Waals surface area contributed by atoms with Gasteiger partial charge in [-0.3, -0.25) is 9.69 Å². The van der Waals surface area contributed by atoms with Gasteiger partial charge < -0.3 is 20.1 Å². The van der Waals surface area contributed by atoms with E-state index in [4.69, 9.17) is 9.47 Å². The van der Waals surface area contributed by atoms with Gasteiger partial charge in [0.05, 0.1) is 25.9 Å². The molecule has 0 aromatic heterocycles. The summed E-state index contributed by atoms with van der Waals surface area (Å²) in [6.07, 6.45) is 1.05. The van der Waals surface area contributed by atoms with E-state index in [-0.39, 0.29) is 11.9 Å². The third-order valence-corrected chi connectivity index (χ3v) is 3.20. The van der Waals surface area contributed by atoms with E-state index in [1.165, 1.54) is 0 Å². The summed E-state index contributed by atoms with van der Waals surface area (Å²) < 4.78 is 10.2. The molecule has 0 spiro atoms. The molecule has 1 atom stereocenters. The second-order valence-corrected chi connectivity index (χ2v) is 4.77. The second-order valence-electron chi connectivity index (χ2n) is 4.77. The Kier molecular flexibility index (Phi) is 8.73. The van der Waals surface area contributed by atoms with Crippen LogP contribution in [0, 0.1) is 0 Å². The molecule has 1 amide bonds. The lowest BCUT2D eigenvalue weighted by atomic mass is 10.3. The molecule has 1 aliphatic rings. The molecule has 6 nitrogen and oxygen atoms in total. The van der Waals surface area contributed by atoms with Gasteiger partial charge >= 0.3 is 0 Å². The first-order valence-corrected chi connectivity index (χ1v) is 7.04. The van der Waals surface area contributed by atoms with Gasteiger partial charge in [-0.15, -0.1) is 0 Å². The van der Waals surface area contributed by atoms with E-state index in [0.29, 0.717) is 13.2 Å². The van der Waals surface area contributed by atoms with Crippen LogP contribution in [0.5, 0.6) is 0 Å². The third kappa shape index (κ3) is 7.47. The van der Waals surface area contributed by atoms with Crippen molar-refractivity contribution in [3.05, 3.63) is 0 Å². The summed E-state index contributed by atoms with van der Waals surface area (Å²) in [5, 5.41) is 6.06. The average Bonchev–Trinajstić information content (AvgIpc) is 2.44. The molecule has 1 fully saturated rings. The maximum atomic E-state index is 11.7. The molecule has 1 heterocycles. The molecule has 0 radical (unpaired) electrons. The van der Waals surface area contributed by atoms with Crippen molar-refractivity contribution in [2.75, 3.05) is 59.7 Å². The highest BCUT2D eigenvalue weighted by molar-refractivity contribution is 5.81. The molecule has 0 saturated carbocycles. The lowest BCUT2D eigenvalue weighted by Gasteiger charge is -2.26. The molecule has 1 unspecified atom stereocenters. The van der Waals surface area contributed by atoms with Crippen molar-refractivity contribution in [1.29, 1.82) is 0 Å². The van der Waals surface area contributed by atoms with Gasteiger partial charge in [0.1, 0.15) is 0 Å². The summed E-state index contributed by atoms with van der Waals surface area (Å²) in [4.78, 5) is 14.1. The average molecular weight is 273 g/mol. The Balaban J connectivity index is 1.99. The van der Waals surface area contributed by atoms with Crippen LogP contribution in [0.2, 0.25) is 0 Å². The molecule has 1 saturated heterocycles. The molecular weight excluding hydrogens is 246 g/mol. The first kappa shape index (κ1) is 16.4. The van der Waals surface area contributed by atoms with E-state index in [0.717, 1.165) is 45.8 Å². The number of nitrogens with one attached hydrogen (secondary N) is 2. The fourth-order valence-corrected chi connectivity index (χ4v) is 1.97. The zero-order valence-corrected chi connectivity index (χ0v) is 12.1. The number of hydrogen-bond donors (Lipinski definition) is 2. The standard InChI is InChI=1S/C13H27N3O3/c1-12(13(17)15-5-9-18-2)14-4-3-6-16-7-10-19-11-8-16/h12,14H,3-11H2,1-2H3,(H,15,17). The van der Waals surface area contributed by atoms with Gasteiger partial charge in [0, 0.05) is 26.7 Å². The van der Waals surface area contributed by atoms with Crippen LogP contribution in [0.25, 0.3) is 0 Å². The number of hydrogen-bond acceptors (Lipinski definition) is 5. The highest BCUT2D eigenvalue weighted by Gasteiger charge is 2.12. The highest BCUT2D eigenvalue weighted by atomic mass is 16.5. The molecule has 2 N–H and O–H groups in total. The van der Waals surface area contributed by atoms with Gasteiger partial charge in [-0.25, -0.2) is 0 Å². The zero-order chi connectivity index (χ0) is 13.9. The Hall–Kier alpha value is -0.690. The Morgan fingerprint density at radius 2 is 2.11 bits per heavy atom. The lowest BCUT2D eigenvalue weighted by Crippen LogP contribution is -2.44. The van der Waals surface area contributed by atoms with Gasteiger partial charge in [0.2, 0.25) is 5.91 Å². The van der Waals surface area contributed by atoms with Crippen molar-refractivity contribution < 1.29 is 14.3 Å². The largest absolute Gasteiger partial charge is 0.383 e. The van der Waals surface area contributed by atoms with Crippen molar-refractivity contribution >= 4 is 5.91 Å². The summed E-state index contributed by atoms with van der Waals surface area (Å²) in [6, 6.07) is -0.151. The van der Waals surface area contributed by atoms with Crippen LogP contribution >= 0.6 is 0 Å². The van der Waals surface area contributed by atoms with Gasteiger partial charge in [0.15, 0.2) is 0 Å². The fourth-order valence-electron chi connectivity index (χ4n) is 1.97. The molecule has 0 aliphatic carbocycles. The zero-order valence-electron chi connectivity index (χ0n) is 12.1. The van der Waals surface area contributed by atoms with Gasteiger partial charge in [-0.1, -0.05) is 0 Å². The predicted molar refractivity (Wildman–Crippen MR) is 74.2 cm³/mol. The number of morpholine rings is 1. The second kappa shape index (κ2) is 10.1. The Bertz CT molecular complexity index is 245. The number of ether oxygens (including phenoxy) is 2. The quantitative estimate of drug-likeness (QED) is 0.552. The summed E-state index contributed by atoms with van der Waals surface area (Å²) in [5.41, 5.74) is 0. The maximum absolute atomic E-state index is 11.7.